The molecule has 0 fully saturated rings. The van der Waals surface area contributed by atoms with E-state index < -0.39 is 5.97 Å². The number of nitrogens with one attached hydrogen (secondary N) is 1. The molecule has 1 heterocycles. The van der Waals surface area contributed by atoms with Crippen molar-refractivity contribution < 1.29 is 14.6 Å². The van der Waals surface area contributed by atoms with Crippen molar-refractivity contribution in [1.29, 1.82) is 0 Å². The normalized spacial score (nSPS) is 9.57. The molecule has 5 heteroatoms. The molecule has 1 rings (SSSR count). The molecule has 0 unspecified atom stereocenters. The number of carboxylic acid groups (broad SMARTS) is 1. The number of aliphatic carboxylic acids is 1. The minimum absolute atomic E-state index is 0.132. The highest BCUT2D eigenvalue weighted by Gasteiger charge is 2.09. The Morgan fingerprint density at radius 1 is 1.71 bits per heavy atom. The van der Waals surface area contributed by atoms with Gasteiger partial charge >= 0.3 is 5.97 Å². The smallest absolute Gasteiger partial charge is 0.309 e. The number of carbonyl (C=O) groups is 1. The standard InChI is InChI=1S/C9H12N2O3/c1-10-6-3-8(14-2)7(11-5-6)4-9(12)13/h3,5,10H,4H2,1-2H3,(H,12,13). The highest BCUT2D eigenvalue weighted by atomic mass is 16.5. The largest absolute Gasteiger partial charge is 0.495 e. The molecule has 0 aliphatic heterocycles. The molecule has 0 atom stereocenters. The van der Waals surface area contributed by atoms with Gasteiger partial charge in [-0.2, -0.15) is 0 Å². The third-order valence-electron chi connectivity index (χ3n) is 1.76. The fraction of sp³-hybridized carbons (Fsp3) is 0.333. The molecular formula is C9H12N2O3. The van der Waals surface area contributed by atoms with Crippen molar-refractivity contribution >= 4 is 11.7 Å². The van der Waals surface area contributed by atoms with Gasteiger partial charge in [-0.1, -0.05) is 0 Å². The van der Waals surface area contributed by atoms with E-state index in [1.165, 1.54) is 7.11 Å². The van der Waals surface area contributed by atoms with Crippen LogP contribution in [0.4, 0.5) is 5.69 Å². The summed E-state index contributed by atoms with van der Waals surface area (Å²) in [4.78, 5) is 14.5. The fourth-order valence-corrected chi connectivity index (χ4v) is 1.06. The van der Waals surface area contributed by atoms with Crippen molar-refractivity contribution in [2.45, 2.75) is 6.42 Å². The van der Waals surface area contributed by atoms with Gasteiger partial charge in [0.25, 0.3) is 0 Å². The lowest BCUT2D eigenvalue weighted by molar-refractivity contribution is -0.136. The second kappa shape index (κ2) is 4.45. The van der Waals surface area contributed by atoms with Crippen molar-refractivity contribution in [1.82, 2.24) is 4.98 Å². The molecule has 1 aromatic rings. The lowest BCUT2D eigenvalue weighted by atomic mass is 10.2. The molecule has 2 N–H and O–H groups in total. The Bertz CT molecular complexity index is 339. The molecule has 0 saturated heterocycles. The zero-order chi connectivity index (χ0) is 10.6. The van der Waals surface area contributed by atoms with E-state index in [0.717, 1.165) is 5.69 Å². The van der Waals surface area contributed by atoms with E-state index in [4.69, 9.17) is 9.84 Å². The van der Waals surface area contributed by atoms with Crippen LogP contribution in [0.15, 0.2) is 12.3 Å². The summed E-state index contributed by atoms with van der Waals surface area (Å²) in [5.74, 6) is -0.438. The molecule has 0 aliphatic carbocycles. The first-order chi connectivity index (χ1) is 6.67. The van der Waals surface area contributed by atoms with E-state index in [-0.39, 0.29) is 6.42 Å². The van der Waals surface area contributed by atoms with E-state index in [2.05, 4.69) is 10.3 Å². The molecule has 14 heavy (non-hydrogen) atoms. The second-order valence-corrected chi connectivity index (χ2v) is 2.69. The highest BCUT2D eigenvalue weighted by Crippen LogP contribution is 2.20. The van der Waals surface area contributed by atoms with Crippen LogP contribution in [-0.2, 0) is 11.2 Å². The summed E-state index contributed by atoms with van der Waals surface area (Å²) >= 11 is 0. The summed E-state index contributed by atoms with van der Waals surface area (Å²) in [5, 5.41) is 11.5. The molecule has 0 aromatic carbocycles. The van der Waals surface area contributed by atoms with Gasteiger partial charge < -0.3 is 15.2 Å². The van der Waals surface area contributed by atoms with Crippen molar-refractivity contribution in [3.8, 4) is 5.75 Å². The lowest BCUT2D eigenvalue weighted by Gasteiger charge is -2.07. The van der Waals surface area contributed by atoms with Gasteiger partial charge in [-0.3, -0.25) is 9.78 Å². The van der Waals surface area contributed by atoms with Gasteiger partial charge in [0.15, 0.2) is 0 Å². The van der Waals surface area contributed by atoms with Crippen molar-refractivity contribution in [2.24, 2.45) is 0 Å². The van der Waals surface area contributed by atoms with E-state index in [0.29, 0.717) is 11.4 Å². The van der Waals surface area contributed by atoms with Gasteiger partial charge in [-0.15, -0.1) is 0 Å². The zero-order valence-corrected chi connectivity index (χ0v) is 8.07. The van der Waals surface area contributed by atoms with Gasteiger partial charge in [0, 0.05) is 13.1 Å². The van der Waals surface area contributed by atoms with Crippen LogP contribution < -0.4 is 10.1 Å². The van der Waals surface area contributed by atoms with E-state index in [9.17, 15) is 4.79 Å². The van der Waals surface area contributed by atoms with Crippen molar-refractivity contribution in [2.75, 3.05) is 19.5 Å². The summed E-state index contributed by atoms with van der Waals surface area (Å²) in [6.07, 6.45) is 1.44. The topological polar surface area (TPSA) is 71.5 Å². The highest BCUT2D eigenvalue weighted by molar-refractivity contribution is 5.71. The molecule has 0 spiro atoms. The maximum absolute atomic E-state index is 10.5. The van der Waals surface area contributed by atoms with E-state index >= 15 is 0 Å². The van der Waals surface area contributed by atoms with Crippen LogP contribution in [0.1, 0.15) is 5.69 Å². The number of aromatic nitrogens is 1. The molecular weight excluding hydrogens is 184 g/mol. The minimum atomic E-state index is -0.923. The molecule has 0 aliphatic rings. The number of methoxy groups -OCH3 is 1. The Morgan fingerprint density at radius 2 is 2.43 bits per heavy atom. The van der Waals surface area contributed by atoms with Crippen molar-refractivity contribution in [3.63, 3.8) is 0 Å². The predicted molar refractivity (Wildman–Crippen MR) is 51.7 cm³/mol. The van der Waals surface area contributed by atoms with Crippen LogP contribution in [0.2, 0.25) is 0 Å². The number of rotatable bonds is 4. The molecule has 76 valence electrons. The first-order valence-electron chi connectivity index (χ1n) is 4.10. The molecule has 1 aromatic heterocycles. The quantitative estimate of drug-likeness (QED) is 0.743. The third kappa shape index (κ3) is 2.35. The van der Waals surface area contributed by atoms with E-state index in [1.807, 2.05) is 0 Å². The second-order valence-electron chi connectivity index (χ2n) is 2.69. The van der Waals surface area contributed by atoms with Gasteiger partial charge in [0.2, 0.25) is 0 Å². The fourth-order valence-electron chi connectivity index (χ4n) is 1.06. The van der Waals surface area contributed by atoms with Crippen LogP contribution in [0, 0.1) is 0 Å². The number of nitrogens with zero attached hydrogens (tertiary/aromatic N) is 1. The number of anilines is 1. The van der Waals surface area contributed by atoms with Gasteiger partial charge in [0.05, 0.1) is 31.1 Å². The molecule has 0 amide bonds. The summed E-state index contributed by atoms with van der Waals surface area (Å²) in [5.41, 5.74) is 1.22. The van der Waals surface area contributed by atoms with Gasteiger partial charge in [0.1, 0.15) is 5.75 Å². The van der Waals surface area contributed by atoms with Crippen LogP contribution in [-0.4, -0.2) is 30.2 Å². The number of carboxylic acids is 1. The summed E-state index contributed by atoms with van der Waals surface area (Å²) < 4.78 is 5.02. The van der Waals surface area contributed by atoms with Crippen LogP contribution in [0.5, 0.6) is 5.75 Å². The lowest BCUT2D eigenvalue weighted by Crippen LogP contribution is -2.05. The first-order valence-corrected chi connectivity index (χ1v) is 4.10. The predicted octanol–water partition coefficient (Wildman–Crippen LogP) is 0.759. The third-order valence-corrected chi connectivity index (χ3v) is 1.76. The first kappa shape index (κ1) is 10.3. The van der Waals surface area contributed by atoms with E-state index in [1.54, 1.807) is 19.3 Å². The van der Waals surface area contributed by atoms with Crippen molar-refractivity contribution in [3.05, 3.63) is 18.0 Å². The zero-order valence-electron chi connectivity index (χ0n) is 8.07. The summed E-state index contributed by atoms with van der Waals surface area (Å²) in [6.45, 7) is 0. The average molecular weight is 196 g/mol. The summed E-state index contributed by atoms with van der Waals surface area (Å²) in [7, 11) is 3.25. The molecule has 0 bridgehead atoms. The van der Waals surface area contributed by atoms with Gasteiger partial charge in [-0.25, -0.2) is 0 Å². The van der Waals surface area contributed by atoms with Crippen LogP contribution >= 0.6 is 0 Å². The number of pyridine rings is 1. The SMILES string of the molecule is CNc1cnc(CC(=O)O)c(OC)c1. The maximum atomic E-state index is 10.5. The summed E-state index contributed by atoms with van der Waals surface area (Å²) in [6, 6.07) is 1.71. The van der Waals surface area contributed by atoms with Crippen LogP contribution in [0.25, 0.3) is 0 Å². The van der Waals surface area contributed by atoms with Crippen LogP contribution in [0.3, 0.4) is 0 Å². The Balaban J connectivity index is 2.98. The molecule has 0 radical (unpaired) electrons. The monoisotopic (exact) mass is 196 g/mol. The van der Waals surface area contributed by atoms with Gasteiger partial charge in [-0.05, 0) is 0 Å². The average Bonchev–Trinajstić information content (AvgIpc) is 2.17. The number of hydrogen-bond donors (Lipinski definition) is 2. The maximum Gasteiger partial charge on any atom is 0.309 e. The Kier molecular flexibility index (Phi) is 3.28. The Hall–Kier alpha value is -1.78. The minimum Gasteiger partial charge on any atom is -0.495 e. The number of hydrogen-bond acceptors (Lipinski definition) is 4. The Morgan fingerprint density at radius 3 is 2.93 bits per heavy atom. The molecule has 5 nitrogen and oxygen atoms in total. The number of ether oxygens (including phenoxy) is 1. The Labute approximate surface area is 81.7 Å². The molecule has 0 saturated carbocycles.